The molecule has 9 heteroatoms. The maximum absolute atomic E-state index is 12.8. The van der Waals surface area contributed by atoms with E-state index in [9.17, 15) is 14.0 Å². The molecule has 0 spiro atoms. The molecular formula is C19H18ClFN2O5. The number of ether oxygens (including phenoxy) is 3. The molecule has 2 amide bonds. The van der Waals surface area contributed by atoms with E-state index >= 15 is 0 Å². The molecule has 0 bridgehead atoms. The summed E-state index contributed by atoms with van der Waals surface area (Å²) in [6.07, 6.45) is 2.70. The standard InChI is InChI=1S/C19H18ClFN2O5/c1-26-16-10-12(9-15(20)19(16)27-2)3-8-17(24)22-23-18(25)11-28-14-6-4-13(21)5-7-14/h3-10H,11H2,1-2H3,(H,22,24)(H,23,25)/b8-3+. The van der Waals surface area contributed by atoms with Crippen molar-refractivity contribution in [2.24, 2.45) is 0 Å². The van der Waals surface area contributed by atoms with Crippen molar-refractivity contribution < 1.29 is 28.2 Å². The molecule has 0 radical (unpaired) electrons. The number of hydrogen-bond donors (Lipinski definition) is 2. The van der Waals surface area contributed by atoms with Crippen LogP contribution in [0.25, 0.3) is 6.08 Å². The van der Waals surface area contributed by atoms with Crippen LogP contribution in [0.1, 0.15) is 5.56 Å². The van der Waals surface area contributed by atoms with Gasteiger partial charge in [0, 0.05) is 6.08 Å². The molecule has 0 aliphatic heterocycles. The van der Waals surface area contributed by atoms with E-state index in [0.717, 1.165) is 0 Å². The maximum atomic E-state index is 12.8. The van der Waals surface area contributed by atoms with Gasteiger partial charge in [0.1, 0.15) is 11.6 Å². The molecule has 0 saturated heterocycles. The molecule has 0 unspecified atom stereocenters. The Morgan fingerprint density at radius 2 is 1.82 bits per heavy atom. The van der Waals surface area contributed by atoms with E-state index in [1.165, 1.54) is 50.6 Å². The molecule has 28 heavy (non-hydrogen) atoms. The highest BCUT2D eigenvalue weighted by Crippen LogP contribution is 2.36. The van der Waals surface area contributed by atoms with Gasteiger partial charge < -0.3 is 14.2 Å². The Kier molecular flexibility index (Phi) is 7.65. The van der Waals surface area contributed by atoms with Gasteiger partial charge in [-0.05, 0) is 48.0 Å². The Hall–Kier alpha value is -3.26. The third-order valence-corrected chi connectivity index (χ3v) is 3.67. The third-order valence-electron chi connectivity index (χ3n) is 3.39. The molecule has 0 heterocycles. The van der Waals surface area contributed by atoms with Gasteiger partial charge in [0.25, 0.3) is 11.8 Å². The number of benzene rings is 2. The van der Waals surface area contributed by atoms with Crippen molar-refractivity contribution in [3.63, 3.8) is 0 Å². The molecule has 0 saturated carbocycles. The van der Waals surface area contributed by atoms with Crippen molar-refractivity contribution in [2.45, 2.75) is 0 Å². The monoisotopic (exact) mass is 408 g/mol. The predicted octanol–water partition coefficient (Wildman–Crippen LogP) is 2.74. The second kappa shape index (κ2) is 10.2. The van der Waals surface area contributed by atoms with Crippen molar-refractivity contribution in [3.8, 4) is 17.2 Å². The summed E-state index contributed by atoms with van der Waals surface area (Å²) in [5.41, 5.74) is 5.00. The van der Waals surface area contributed by atoms with Gasteiger partial charge in [0.2, 0.25) is 0 Å². The molecule has 2 rings (SSSR count). The van der Waals surface area contributed by atoms with Crippen molar-refractivity contribution in [1.82, 2.24) is 10.9 Å². The summed E-state index contributed by atoms with van der Waals surface area (Å²) in [5, 5.41) is 0.327. The number of carbonyl (C=O) groups excluding carboxylic acids is 2. The lowest BCUT2D eigenvalue weighted by Crippen LogP contribution is -2.43. The molecule has 2 aromatic rings. The van der Waals surface area contributed by atoms with Gasteiger partial charge in [-0.25, -0.2) is 4.39 Å². The number of hydrogen-bond acceptors (Lipinski definition) is 5. The Balaban J connectivity index is 1.84. The Labute approximate surface area is 166 Å². The lowest BCUT2D eigenvalue weighted by molar-refractivity contribution is -0.128. The van der Waals surface area contributed by atoms with Crippen LogP contribution in [0.5, 0.6) is 17.2 Å². The number of halogens is 2. The summed E-state index contributed by atoms with van der Waals surface area (Å²) >= 11 is 6.09. The molecule has 2 aromatic carbocycles. The number of methoxy groups -OCH3 is 2. The van der Waals surface area contributed by atoms with Crippen LogP contribution in [-0.2, 0) is 9.59 Å². The first-order valence-electron chi connectivity index (χ1n) is 7.99. The first kappa shape index (κ1) is 21.0. The maximum Gasteiger partial charge on any atom is 0.276 e. The highest BCUT2D eigenvalue weighted by molar-refractivity contribution is 6.32. The molecule has 0 fully saturated rings. The Morgan fingerprint density at radius 1 is 1.11 bits per heavy atom. The lowest BCUT2D eigenvalue weighted by atomic mass is 10.2. The topological polar surface area (TPSA) is 85.9 Å². The van der Waals surface area contributed by atoms with Crippen molar-refractivity contribution in [2.75, 3.05) is 20.8 Å². The fourth-order valence-corrected chi connectivity index (χ4v) is 2.39. The van der Waals surface area contributed by atoms with Crippen LogP contribution in [0.15, 0.2) is 42.5 Å². The van der Waals surface area contributed by atoms with E-state index in [4.69, 9.17) is 25.8 Å². The minimum absolute atomic E-state index is 0.327. The predicted molar refractivity (Wildman–Crippen MR) is 102 cm³/mol. The van der Waals surface area contributed by atoms with Gasteiger partial charge in [0.15, 0.2) is 18.1 Å². The summed E-state index contributed by atoms with van der Waals surface area (Å²) in [6.45, 7) is -0.346. The normalized spacial score (nSPS) is 10.4. The summed E-state index contributed by atoms with van der Waals surface area (Å²) < 4.78 is 28.3. The molecule has 148 valence electrons. The molecule has 0 aliphatic rings. The van der Waals surface area contributed by atoms with Crippen LogP contribution in [0.3, 0.4) is 0 Å². The molecule has 2 N–H and O–H groups in total. The van der Waals surface area contributed by atoms with Gasteiger partial charge in [-0.3, -0.25) is 20.4 Å². The van der Waals surface area contributed by atoms with Gasteiger partial charge >= 0.3 is 0 Å². The summed E-state index contributed by atoms with van der Waals surface area (Å²) in [7, 11) is 2.94. The van der Waals surface area contributed by atoms with Crippen LogP contribution in [-0.4, -0.2) is 32.6 Å². The van der Waals surface area contributed by atoms with Crippen LogP contribution in [0.2, 0.25) is 5.02 Å². The largest absolute Gasteiger partial charge is 0.493 e. The van der Waals surface area contributed by atoms with Gasteiger partial charge in [0.05, 0.1) is 19.2 Å². The summed E-state index contributed by atoms with van der Waals surface area (Å²) in [5.74, 6) is -0.429. The molecule has 0 aliphatic carbocycles. The quantitative estimate of drug-likeness (QED) is 0.543. The third kappa shape index (κ3) is 6.17. The van der Waals surface area contributed by atoms with E-state index in [2.05, 4.69) is 10.9 Å². The van der Waals surface area contributed by atoms with Crippen LogP contribution >= 0.6 is 11.6 Å². The lowest BCUT2D eigenvalue weighted by Gasteiger charge is -2.10. The van der Waals surface area contributed by atoms with Gasteiger partial charge in [-0.15, -0.1) is 0 Å². The highest BCUT2D eigenvalue weighted by Gasteiger charge is 2.10. The van der Waals surface area contributed by atoms with Crippen molar-refractivity contribution in [3.05, 3.63) is 58.9 Å². The molecular weight excluding hydrogens is 391 g/mol. The molecule has 7 nitrogen and oxygen atoms in total. The van der Waals surface area contributed by atoms with Crippen molar-refractivity contribution >= 4 is 29.5 Å². The van der Waals surface area contributed by atoms with E-state index < -0.39 is 17.6 Å². The SMILES string of the molecule is COc1cc(/C=C/C(=O)NNC(=O)COc2ccc(F)cc2)cc(Cl)c1OC. The van der Waals surface area contributed by atoms with E-state index in [1.54, 1.807) is 12.1 Å². The Morgan fingerprint density at radius 3 is 2.46 bits per heavy atom. The zero-order valence-electron chi connectivity index (χ0n) is 15.1. The van der Waals surface area contributed by atoms with Crippen LogP contribution in [0.4, 0.5) is 4.39 Å². The highest BCUT2D eigenvalue weighted by atomic mass is 35.5. The number of carbonyl (C=O) groups is 2. The second-order valence-corrected chi connectivity index (χ2v) is 5.76. The molecule has 0 atom stereocenters. The zero-order valence-corrected chi connectivity index (χ0v) is 15.9. The number of amides is 2. The van der Waals surface area contributed by atoms with E-state index in [1.807, 2.05) is 0 Å². The van der Waals surface area contributed by atoms with Crippen LogP contribution in [0, 0.1) is 5.82 Å². The summed E-state index contributed by atoms with van der Waals surface area (Å²) in [4.78, 5) is 23.5. The van der Waals surface area contributed by atoms with Gasteiger partial charge in [-0.2, -0.15) is 0 Å². The summed E-state index contributed by atoms with van der Waals surface area (Å²) in [6, 6.07) is 8.43. The smallest absolute Gasteiger partial charge is 0.276 e. The van der Waals surface area contributed by atoms with Gasteiger partial charge in [-0.1, -0.05) is 11.6 Å². The average Bonchev–Trinajstić information content (AvgIpc) is 2.69. The molecule has 0 aromatic heterocycles. The van der Waals surface area contributed by atoms with E-state index in [0.29, 0.717) is 27.8 Å². The van der Waals surface area contributed by atoms with Crippen LogP contribution < -0.4 is 25.1 Å². The number of rotatable bonds is 7. The van der Waals surface area contributed by atoms with Crippen molar-refractivity contribution in [1.29, 1.82) is 0 Å². The number of hydrazine groups is 1. The first-order chi connectivity index (χ1) is 13.4. The fraction of sp³-hybridized carbons (Fsp3) is 0.158. The first-order valence-corrected chi connectivity index (χ1v) is 8.37. The second-order valence-electron chi connectivity index (χ2n) is 5.35. The van der Waals surface area contributed by atoms with E-state index in [-0.39, 0.29) is 6.61 Å². The fourth-order valence-electron chi connectivity index (χ4n) is 2.09. The minimum atomic E-state index is -0.583. The number of nitrogens with one attached hydrogen (secondary N) is 2. The zero-order chi connectivity index (χ0) is 20.5. The minimum Gasteiger partial charge on any atom is -0.493 e. The average molecular weight is 409 g/mol. The Bertz CT molecular complexity index is 871.